The van der Waals surface area contributed by atoms with Crippen LogP contribution in [0.1, 0.15) is 43.0 Å². The van der Waals surface area contributed by atoms with Crippen LogP contribution in [0.3, 0.4) is 0 Å². The van der Waals surface area contributed by atoms with Gasteiger partial charge in [-0.05, 0) is 30.9 Å². The van der Waals surface area contributed by atoms with Gasteiger partial charge in [-0.15, -0.1) is 6.42 Å². The number of nitrogens with one attached hydrogen (secondary N) is 1. The second kappa shape index (κ2) is 7.87. The molecule has 1 N–H and O–H groups in total. The van der Waals surface area contributed by atoms with Gasteiger partial charge in [0.15, 0.2) is 17.3 Å². The highest BCUT2D eigenvalue weighted by Gasteiger charge is 2.24. The zero-order valence-corrected chi connectivity index (χ0v) is 13.5. The molecule has 4 nitrogen and oxygen atoms in total. The summed E-state index contributed by atoms with van der Waals surface area (Å²) in [4.78, 5) is 12.4. The minimum atomic E-state index is -0.665. The van der Waals surface area contributed by atoms with Crippen molar-refractivity contribution < 1.29 is 18.7 Å². The minimum Gasteiger partial charge on any atom is -0.493 e. The standard InChI is InChI=1S/C18H22FNO3/c1-4-9-23-17-14(19)10-13(11-16(17)22-3)18(21)20-15-8-6-5-7-12(15)2/h1,10-12,15H,5-9H2,2-3H3,(H,20,21). The van der Waals surface area contributed by atoms with E-state index in [0.717, 1.165) is 25.3 Å². The van der Waals surface area contributed by atoms with E-state index in [2.05, 4.69) is 18.2 Å². The quantitative estimate of drug-likeness (QED) is 0.848. The summed E-state index contributed by atoms with van der Waals surface area (Å²) in [6, 6.07) is 2.75. The molecule has 0 saturated heterocycles. The molecule has 1 aromatic rings. The summed E-state index contributed by atoms with van der Waals surface area (Å²) in [5.74, 6) is 1.81. The second-order valence-electron chi connectivity index (χ2n) is 5.82. The van der Waals surface area contributed by atoms with Crippen LogP contribution in [-0.2, 0) is 0 Å². The molecule has 1 aliphatic carbocycles. The molecular weight excluding hydrogens is 297 g/mol. The Kier molecular flexibility index (Phi) is 5.86. The summed E-state index contributed by atoms with van der Waals surface area (Å²) in [6.07, 6.45) is 9.46. The Morgan fingerprint density at radius 3 is 2.83 bits per heavy atom. The van der Waals surface area contributed by atoms with Gasteiger partial charge in [0, 0.05) is 11.6 Å². The van der Waals surface area contributed by atoms with E-state index in [4.69, 9.17) is 15.9 Å². The number of ether oxygens (including phenoxy) is 2. The maximum Gasteiger partial charge on any atom is 0.251 e. The van der Waals surface area contributed by atoms with Crippen LogP contribution >= 0.6 is 0 Å². The Morgan fingerprint density at radius 2 is 2.17 bits per heavy atom. The molecule has 0 heterocycles. The number of hydrogen-bond donors (Lipinski definition) is 1. The van der Waals surface area contributed by atoms with E-state index in [9.17, 15) is 9.18 Å². The molecule has 0 bridgehead atoms. The number of rotatable bonds is 5. The highest BCUT2D eigenvalue weighted by atomic mass is 19.1. The van der Waals surface area contributed by atoms with Gasteiger partial charge in [-0.2, -0.15) is 0 Å². The van der Waals surface area contributed by atoms with E-state index in [0.29, 0.717) is 5.92 Å². The van der Waals surface area contributed by atoms with Crippen LogP contribution in [-0.4, -0.2) is 25.7 Å². The number of methoxy groups -OCH3 is 1. The Balaban J connectivity index is 2.17. The van der Waals surface area contributed by atoms with Crippen molar-refractivity contribution in [2.24, 2.45) is 5.92 Å². The van der Waals surface area contributed by atoms with Crippen molar-refractivity contribution in [3.05, 3.63) is 23.5 Å². The first kappa shape index (κ1) is 17.1. The van der Waals surface area contributed by atoms with Gasteiger partial charge in [0.2, 0.25) is 0 Å². The summed E-state index contributed by atoms with van der Waals surface area (Å²) in [5, 5.41) is 2.99. The summed E-state index contributed by atoms with van der Waals surface area (Å²) >= 11 is 0. The van der Waals surface area contributed by atoms with Crippen molar-refractivity contribution in [2.75, 3.05) is 13.7 Å². The molecule has 5 heteroatoms. The van der Waals surface area contributed by atoms with E-state index in [1.807, 2.05) is 0 Å². The highest BCUT2D eigenvalue weighted by molar-refractivity contribution is 5.95. The van der Waals surface area contributed by atoms with Crippen LogP contribution in [0.25, 0.3) is 0 Å². The van der Waals surface area contributed by atoms with Gasteiger partial charge in [0.1, 0.15) is 6.61 Å². The number of terminal acetylenes is 1. The average Bonchev–Trinajstić information content (AvgIpc) is 2.55. The third-order valence-corrected chi connectivity index (χ3v) is 4.22. The Labute approximate surface area is 136 Å². The van der Waals surface area contributed by atoms with Crippen LogP contribution in [0.5, 0.6) is 11.5 Å². The fourth-order valence-electron chi connectivity index (χ4n) is 2.89. The summed E-state index contributed by atoms with van der Waals surface area (Å²) < 4.78 is 24.4. The molecule has 1 fully saturated rings. The first-order chi connectivity index (χ1) is 11.1. The summed E-state index contributed by atoms with van der Waals surface area (Å²) in [6.45, 7) is 2.06. The minimum absolute atomic E-state index is 0.0710. The number of halogens is 1. The number of hydrogen-bond acceptors (Lipinski definition) is 3. The molecule has 1 aliphatic rings. The molecule has 0 spiro atoms. The van der Waals surface area contributed by atoms with Crippen LogP contribution in [0.4, 0.5) is 4.39 Å². The molecule has 1 amide bonds. The maximum absolute atomic E-state index is 14.2. The first-order valence-corrected chi connectivity index (χ1v) is 7.81. The predicted octanol–water partition coefficient (Wildman–Crippen LogP) is 3.15. The van der Waals surface area contributed by atoms with Crippen molar-refractivity contribution in [1.82, 2.24) is 5.32 Å². The third kappa shape index (κ3) is 4.16. The fraction of sp³-hybridized carbons (Fsp3) is 0.500. The van der Waals surface area contributed by atoms with Gasteiger partial charge in [-0.1, -0.05) is 25.7 Å². The van der Waals surface area contributed by atoms with Crippen molar-refractivity contribution in [3.63, 3.8) is 0 Å². The van der Waals surface area contributed by atoms with Gasteiger partial charge in [-0.25, -0.2) is 4.39 Å². The topological polar surface area (TPSA) is 47.6 Å². The smallest absolute Gasteiger partial charge is 0.251 e. The van der Waals surface area contributed by atoms with E-state index < -0.39 is 5.82 Å². The molecule has 0 aliphatic heterocycles. The SMILES string of the molecule is C#CCOc1c(F)cc(C(=O)NC2CCCCC2C)cc1OC. The molecule has 124 valence electrons. The Morgan fingerprint density at radius 1 is 1.43 bits per heavy atom. The largest absolute Gasteiger partial charge is 0.493 e. The van der Waals surface area contributed by atoms with Gasteiger partial charge in [0.05, 0.1) is 7.11 Å². The van der Waals surface area contributed by atoms with Crippen LogP contribution in [0, 0.1) is 24.1 Å². The maximum atomic E-state index is 14.2. The molecule has 2 rings (SSSR count). The summed E-state index contributed by atoms with van der Waals surface area (Å²) in [7, 11) is 1.39. The Bertz CT molecular complexity index is 609. The van der Waals surface area contributed by atoms with E-state index in [1.54, 1.807) is 0 Å². The van der Waals surface area contributed by atoms with Crippen LogP contribution in [0.15, 0.2) is 12.1 Å². The lowest BCUT2D eigenvalue weighted by atomic mass is 9.86. The molecule has 2 unspecified atom stereocenters. The van der Waals surface area contributed by atoms with Crippen LogP contribution < -0.4 is 14.8 Å². The van der Waals surface area contributed by atoms with E-state index in [-0.39, 0.29) is 35.6 Å². The zero-order valence-electron chi connectivity index (χ0n) is 13.5. The van der Waals surface area contributed by atoms with Crippen LogP contribution in [0.2, 0.25) is 0 Å². The normalized spacial score (nSPS) is 20.4. The molecule has 0 radical (unpaired) electrons. The van der Waals surface area contributed by atoms with Gasteiger partial charge >= 0.3 is 0 Å². The number of carbonyl (C=O) groups excluding carboxylic acids is 1. The average molecular weight is 319 g/mol. The molecule has 1 aromatic carbocycles. The monoisotopic (exact) mass is 319 g/mol. The second-order valence-corrected chi connectivity index (χ2v) is 5.82. The van der Waals surface area contributed by atoms with E-state index in [1.165, 1.54) is 19.6 Å². The lowest BCUT2D eigenvalue weighted by Gasteiger charge is -2.29. The molecule has 0 aromatic heterocycles. The Hall–Kier alpha value is -2.22. The molecule has 2 atom stereocenters. The molecule has 1 saturated carbocycles. The van der Waals surface area contributed by atoms with Crippen molar-refractivity contribution in [2.45, 2.75) is 38.6 Å². The van der Waals surface area contributed by atoms with Crippen molar-refractivity contribution in [3.8, 4) is 23.8 Å². The fourth-order valence-corrected chi connectivity index (χ4v) is 2.89. The number of carbonyl (C=O) groups is 1. The molecule has 23 heavy (non-hydrogen) atoms. The highest BCUT2D eigenvalue weighted by Crippen LogP contribution is 2.32. The summed E-state index contributed by atoms with van der Waals surface area (Å²) in [5.41, 5.74) is 0.213. The lowest BCUT2D eigenvalue weighted by molar-refractivity contribution is 0.0909. The first-order valence-electron chi connectivity index (χ1n) is 7.81. The van der Waals surface area contributed by atoms with Gasteiger partial charge in [-0.3, -0.25) is 4.79 Å². The third-order valence-electron chi connectivity index (χ3n) is 4.22. The van der Waals surface area contributed by atoms with Crippen molar-refractivity contribution in [1.29, 1.82) is 0 Å². The van der Waals surface area contributed by atoms with Gasteiger partial charge < -0.3 is 14.8 Å². The molecular formula is C18H22FNO3. The van der Waals surface area contributed by atoms with E-state index >= 15 is 0 Å². The van der Waals surface area contributed by atoms with Gasteiger partial charge in [0.25, 0.3) is 5.91 Å². The van der Waals surface area contributed by atoms with Crippen molar-refractivity contribution >= 4 is 5.91 Å². The number of benzene rings is 1. The predicted molar refractivity (Wildman–Crippen MR) is 86.2 cm³/mol. The number of amides is 1. The lowest BCUT2D eigenvalue weighted by Crippen LogP contribution is -2.41. The zero-order chi connectivity index (χ0) is 16.8.